The van der Waals surface area contributed by atoms with Gasteiger partial charge in [0.25, 0.3) is 5.69 Å². The standard InChI is InChI=1S/C20H13Cl2N5O4S/c21-18-8-12(9-19(22)26-18)23-20-17(24-15-6-1-2-7-16(15)25-20)11-32(30,31)14-5-3-4-13(10-14)27(28)29/h1-10H,11H2,(H,23,25,26). The van der Waals surface area contributed by atoms with Gasteiger partial charge in [0.05, 0.1) is 26.5 Å². The number of pyridine rings is 1. The van der Waals surface area contributed by atoms with Crippen LogP contribution in [0.4, 0.5) is 17.2 Å². The van der Waals surface area contributed by atoms with Crippen LogP contribution in [0.1, 0.15) is 5.69 Å². The van der Waals surface area contributed by atoms with Gasteiger partial charge in [-0.3, -0.25) is 10.1 Å². The summed E-state index contributed by atoms with van der Waals surface area (Å²) in [5, 5.41) is 14.3. The second-order valence-electron chi connectivity index (χ2n) is 6.65. The van der Waals surface area contributed by atoms with Gasteiger partial charge < -0.3 is 5.32 Å². The molecule has 12 heteroatoms. The summed E-state index contributed by atoms with van der Waals surface area (Å²) in [5.74, 6) is -0.364. The molecular formula is C20H13Cl2N5O4S. The molecule has 0 unspecified atom stereocenters. The van der Waals surface area contributed by atoms with E-state index in [-0.39, 0.29) is 32.4 Å². The highest BCUT2D eigenvalue weighted by Crippen LogP contribution is 2.28. The number of anilines is 2. The molecule has 0 atom stereocenters. The zero-order valence-electron chi connectivity index (χ0n) is 16.1. The van der Waals surface area contributed by atoms with E-state index in [4.69, 9.17) is 23.2 Å². The summed E-state index contributed by atoms with van der Waals surface area (Å²) in [5.41, 5.74) is 1.27. The van der Waals surface area contributed by atoms with Gasteiger partial charge in [0.1, 0.15) is 16.1 Å². The van der Waals surface area contributed by atoms with Crippen molar-refractivity contribution in [1.29, 1.82) is 0 Å². The van der Waals surface area contributed by atoms with Crippen molar-refractivity contribution in [3.8, 4) is 0 Å². The third-order valence-electron chi connectivity index (χ3n) is 4.38. The second-order valence-corrected chi connectivity index (χ2v) is 9.41. The molecule has 2 aromatic carbocycles. The van der Waals surface area contributed by atoms with Crippen LogP contribution in [0.2, 0.25) is 10.3 Å². The minimum Gasteiger partial charge on any atom is -0.338 e. The SMILES string of the molecule is O=[N+]([O-])c1cccc(S(=O)(=O)Cc2nc3ccccc3nc2Nc2cc(Cl)nc(Cl)c2)c1. The molecule has 9 nitrogen and oxygen atoms in total. The van der Waals surface area contributed by atoms with Crippen molar-refractivity contribution in [1.82, 2.24) is 15.0 Å². The number of nitro groups is 1. The van der Waals surface area contributed by atoms with E-state index in [2.05, 4.69) is 20.3 Å². The number of hydrogen-bond acceptors (Lipinski definition) is 8. The lowest BCUT2D eigenvalue weighted by molar-refractivity contribution is -0.385. The summed E-state index contributed by atoms with van der Waals surface area (Å²) >= 11 is 11.9. The van der Waals surface area contributed by atoms with Gasteiger partial charge >= 0.3 is 0 Å². The Kier molecular flexibility index (Phi) is 5.92. The fourth-order valence-corrected chi connectivity index (χ4v) is 4.74. The maximum Gasteiger partial charge on any atom is 0.270 e. The lowest BCUT2D eigenvalue weighted by Crippen LogP contribution is -2.11. The molecule has 1 N–H and O–H groups in total. The molecule has 4 aromatic rings. The van der Waals surface area contributed by atoms with Crippen LogP contribution in [0, 0.1) is 10.1 Å². The molecule has 0 saturated heterocycles. The Morgan fingerprint density at radius 3 is 2.22 bits per heavy atom. The van der Waals surface area contributed by atoms with Crippen molar-refractivity contribution < 1.29 is 13.3 Å². The number of nitro benzene ring substituents is 1. The lowest BCUT2D eigenvalue weighted by Gasteiger charge is -2.13. The van der Waals surface area contributed by atoms with E-state index >= 15 is 0 Å². The van der Waals surface area contributed by atoms with E-state index in [0.717, 1.165) is 6.07 Å². The predicted molar refractivity (Wildman–Crippen MR) is 121 cm³/mol. The van der Waals surface area contributed by atoms with Gasteiger partial charge in [-0.2, -0.15) is 0 Å². The summed E-state index contributed by atoms with van der Waals surface area (Å²) in [6.45, 7) is 0. The summed E-state index contributed by atoms with van der Waals surface area (Å²) in [4.78, 5) is 23.0. The second kappa shape index (κ2) is 8.65. The van der Waals surface area contributed by atoms with Crippen LogP contribution in [0.15, 0.2) is 65.6 Å². The molecule has 0 amide bonds. The monoisotopic (exact) mass is 489 g/mol. The maximum atomic E-state index is 13.1. The summed E-state index contributed by atoms with van der Waals surface area (Å²) in [6.07, 6.45) is 0. The highest BCUT2D eigenvalue weighted by Gasteiger charge is 2.22. The molecule has 0 aliphatic heterocycles. The largest absolute Gasteiger partial charge is 0.338 e. The predicted octanol–water partition coefficient (Wildman–Crippen LogP) is 4.96. The number of sulfone groups is 1. The third-order valence-corrected chi connectivity index (χ3v) is 6.40. The Balaban J connectivity index is 1.79. The molecule has 32 heavy (non-hydrogen) atoms. The van der Waals surface area contributed by atoms with E-state index in [1.54, 1.807) is 24.3 Å². The first-order valence-electron chi connectivity index (χ1n) is 9.04. The van der Waals surface area contributed by atoms with Crippen molar-refractivity contribution in [2.24, 2.45) is 0 Å². The molecule has 2 aromatic heterocycles. The van der Waals surface area contributed by atoms with E-state index in [1.165, 1.54) is 30.3 Å². The molecule has 0 fully saturated rings. The number of non-ortho nitro benzene ring substituents is 1. The number of nitrogens with one attached hydrogen (secondary N) is 1. The van der Waals surface area contributed by atoms with Gasteiger partial charge in [-0.1, -0.05) is 41.4 Å². The number of para-hydroxylation sites is 2. The van der Waals surface area contributed by atoms with Crippen LogP contribution in [-0.4, -0.2) is 28.3 Å². The Morgan fingerprint density at radius 1 is 0.906 bits per heavy atom. The summed E-state index contributed by atoms with van der Waals surface area (Å²) < 4.78 is 26.1. The third kappa shape index (κ3) is 4.77. The zero-order chi connectivity index (χ0) is 22.9. The van der Waals surface area contributed by atoms with Crippen molar-refractivity contribution in [3.63, 3.8) is 0 Å². The van der Waals surface area contributed by atoms with E-state index in [1.807, 2.05) is 0 Å². The van der Waals surface area contributed by atoms with Crippen LogP contribution >= 0.6 is 23.2 Å². The molecule has 162 valence electrons. The number of rotatable bonds is 6. The molecule has 2 heterocycles. The molecule has 0 spiro atoms. The lowest BCUT2D eigenvalue weighted by atomic mass is 10.3. The molecule has 0 bridgehead atoms. The Labute approximate surface area is 192 Å². The first kappa shape index (κ1) is 21.9. The quantitative estimate of drug-likeness (QED) is 0.228. The molecule has 0 saturated carbocycles. The van der Waals surface area contributed by atoms with E-state index in [0.29, 0.717) is 16.7 Å². The van der Waals surface area contributed by atoms with Crippen molar-refractivity contribution >= 4 is 61.3 Å². The summed E-state index contributed by atoms with van der Waals surface area (Å²) in [6, 6.07) is 14.8. The number of hydrogen-bond donors (Lipinski definition) is 1. The van der Waals surface area contributed by atoms with Crippen molar-refractivity contribution in [3.05, 3.63) is 86.8 Å². The van der Waals surface area contributed by atoms with E-state index in [9.17, 15) is 18.5 Å². The van der Waals surface area contributed by atoms with Gasteiger partial charge in [0.2, 0.25) is 0 Å². The molecule has 0 aliphatic rings. The number of nitrogens with zero attached hydrogens (tertiary/aromatic N) is 4. The van der Waals surface area contributed by atoms with Gasteiger partial charge in [-0.05, 0) is 30.3 Å². The van der Waals surface area contributed by atoms with Gasteiger partial charge in [-0.15, -0.1) is 0 Å². The molecule has 0 radical (unpaired) electrons. The summed E-state index contributed by atoms with van der Waals surface area (Å²) in [7, 11) is -3.98. The minimum atomic E-state index is -3.98. The Bertz CT molecular complexity index is 1440. The average molecular weight is 490 g/mol. The Morgan fingerprint density at radius 2 is 1.56 bits per heavy atom. The number of fused-ring (bicyclic) bond motifs is 1. The highest BCUT2D eigenvalue weighted by atomic mass is 35.5. The smallest absolute Gasteiger partial charge is 0.270 e. The van der Waals surface area contributed by atoms with Crippen LogP contribution < -0.4 is 5.32 Å². The fourth-order valence-electron chi connectivity index (χ4n) is 2.96. The van der Waals surface area contributed by atoms with Crippen LogP contribution in [0.25, 0.3) is 11.0 Å². The number of aromatic nitrogens is 3. The molecular weight excluding hydrogens is 477 g/mol. The average Bonchev–Trinajstić information content (AvgIpc) is 2.73. The zero-order valence-corrected chi connectivity index (χ0v) is 18.4. The van der Waals surface area contributed by atoms with E-state index < -0.39 is 20.5 Å². The minimum absolute atomic E-state index is 0.124. The van der Waals surface area contributed by atoms with Crippen molar-refractivity contribution in [2.45, 2.75) is 10.6 Å². The molecule has 0 aliphatic carbocycles. The van der Waals surface area contributed by atoms with Gasteiger partial charge in [0.15, 0.2) is 15.7 Å². The number of benzene rings is 2. The van der Waals surface area contributed by atoms with Crippen LogP contribution in [0.3, 0.4) is 0 Å². The van der Waals surface area contributed by atoms with Gasteiger partial charge in [0, 0.05) is 17.8 Å². The van der Waals surface area contributed by atoms with Crippen LogP contribution in [0.5, 0.6) is 0 Å². The normalized spacial score (nSPS) is 11.4. The first-order chi connectivity index (χ1) is 15.2. The van der Waals surface area contributed by atoms with Crippen LogP contribution in [-0.2, 0) is 15.6 Å². The fraction of sp³-hybridized carbons (Fsp3) is 0.0500. The molecule has 4 rings (SSSR count). The first-order valence-corrected chi connectivity index (χ1v) is 11.4. The maximum absolute atomic E-state index is 13.1. The Hall–Kier alpha value is -3.34. The van der Waals surface area contributed by atoms with Crippen molar-refractivity contribution in [2.75, 3.05) is 5.32 Å². The van der Waals surface area contributed by atoms with Gasteiger partial charge in [-0.25, -0.2) is 23.4 Å². The highest BCUT2D eigenvalue weighted by molar-refractivity contribution is 7.90. The number of halogens is 2. The topological polar surface area (TPSA) is 128 Å².